The highest BCUT2D eigenvalue weighted by atomic mass is 16.5. The van der Waals surface area contributed by atoms with E-state index < -0.39 is 0 Å². The Bertz CT molecular complexity index is 1120. The lowest BCUT2D eigenvalue weighted by molar-refractivity contribution is 0.416. The van der Waals surface area contributed by atoms with E-state index in [1.165, 1.54) is 5.56 Å². The largest absolute Gasteiger partial charge is 0.496 e. The number of benzene rings is 2. The van der Waals surface area contributed by atoms with Crippen LogP contribution in [0.1, 0.15) is 28.3 Å². The number of hydrogen-bond acceptors (Lipinski definition) is 4. The van der Waals surface area contributed by atoms with Crippen LogP contribution in [0.4, 0.5) is 0 Å². The van der Waals surface area contributed by atoms with Crippen LogP contribution in [0, 0.1) is 6.92 Å². The smallest absolute Gasteiger partial charge is 0.133 e. The third-order valence-corrected chi connectivity index (χ3v) is 4.83. The predicted octanol–water partition coefficient (Wildman–Crippen LogP) is 4.38. The quantitative estimate of drug-likeness (QED) is 0.495. The molecule has 2 aromatic carbocycles. The van der Waals surface area contributed by atoms with Crippen LogP contribution in [0.5, 0.6) is 5.75 Å². The van der Waals surface area contributed by atoms with Crippen LogP contribution in [0.15, 0.2) is 67.0 Å². The van der Waals surface area contributed by atoms with Gasteiger partial charge >= 0.3 is 0 Å². The molecule has 29 heavy (non-hydrogen) atoms. The zero-order valence-electron chi connectivity index (χ0n) is 17.0. The van der Waals surface area contributed by atoms with Gasteiger partial charge in [-0.2, -0.15) is 5.10 Å². The fourth-order valence-corrected chi connectivity index (χ4v) is 3.50. The molecule has 5 nitrogen and oxygen atoms in total. The summed E-state index contributed by atoms with van der Waals surface area (Å²) in [6.45, 7) is 2.02. The lowest BCUT2D eigenvalue weighted by Crippen LogP contribution is -2.03. The Hall–Kier alpha value is -3.47. The second-order valence-electron chi connectivity index (χ2n) is 7.19. The summed E-state index contributed by atoms with van der Waals surface area (Å²) in [7, 11) is 3.60. The summed E-state index contributed by atoms with van der Waals surface area (Å²) in [5, 5.41) is 4.25. The number of rotatable bonds is 6. The molecule has 2 heterocycles. The average molecular weight is 384 g/mol. The van der Waals surface area contributed by atoms with Crippen LogP contribution in [0.3, 0.4) is 0 Å². The van der Waals surface area contributed by atoms with Crippen LogP contribution in [-0.2, 0) is 19.9 Å². The minimum Gasteiger partial charge on any atom is -0.496 e. The maximum absolute atomic E-state index is 5.64. The summed E-state index contributed by atoms with van der Waals surface area (Å²) in [4.78, 5) is 9.44. The third-order valence-electron chi connectivity index (χ3n) is 4.83. The van der Waals surface area contributed by atoms with Crippen molar-refractivity contribution < 1.29 is 4.74 Å². The zero-order valence-corrected chi connectivity index (χ0v) is 17.0. The minimum atomic E-state index is 0.660. The Morgan fingerprint density at radius 1 is 0.931 bits per heavy atom. The van der Waals surface area contributed by atoms with Crippen LogP contribution in [-0.4, -0.2) is 26.9 Å². The summed E-state index contributed by atoms with van der Waals surface area (Å²) < 4.78 is 7.43. The lowest BCUT2D eigenvalue weighted by Gasteiger charge is -2.10. The van der Waals surface area contributed by atoms with Gasteiger partial charge in [-0.1, -0.05) is 42.5 Å². The first-order valence-electron chi connectivity index (χ1n) is 9.64. The first kappa shape index (κ1) is 18.9. The lowest BCUT2D eigenvalue weighted by atomic mass is 10.0. The van der Waals surface area contributed by atoms with E-state index in [0.29, 0.717) is 6.42 Å². The Morgan fingerprint density at radius 2 is 1.76 bits per heavy atom. The number of aryl methyl sites for hydroxylation is 2. The van der Waals surface area contributed by atoms with Gasteiger partial charge in [-0.25, -0.2) is 9.97 Å². The molecule has 0 atom stereocenters. The van der Waals surface area contributed by atoms with E-state index in [2.05, 4.69) is 58.6 Å². The molecular weight excluding hydrogens is 360 g/mol. The van der Waals surface area contributed by atoms with Gasteiger partial charge in [0, 0.05) is 48.6 Å². The number of ether oxygens (including phenoxy) is 1. The molecule has 146 valence electrons. The molecule has 0 fully saturated rings. The van der Waals surface area contributed by atoms with Crippen molar-refractivity contribution in [3.8, 4) is 16.9 Å². The number of hydrogen-bond donors (Lipinski definition) is 0. The van der Waals surface area contributed by atoms with Gasteiger partial charge in [-0.15, -0.1) is 0 Å². The average Bonchev–Trinajstić information content (AvgIpc) is 3.14. The monoisotopic (exact) mass is 384 g/mol. The fourth-order valence-electron chi connectivity index (χ4n) is 3.50. The van der Waals surface area contributed by atoms with Gasteiger partial charge in [0.05, 0.1) is 13.3 Å². The van der Waals surface area contributed by atoms with E-state index in [4.69, 9.17) is 9.72 Å². The Balaban J connectivity index is 1.59. The summed E-state index contributed by atoms with van der Waals surface area (Å²) >= 11 is 0. The highest BCUT2D eigenvalue weighted by molar-refractivity contribution is 5.69. The number of methoxy groups -OCH3 is 1. The number of aromatic nitrogens is 4. The van der Waals surface area contributed by atoms with E-state index in [9.17, 15) is 0 Å². The molecule has 4 aromatic rings. The zero-order chi connectivity index (χ0) is 20.2. The molecule has 0 amide bonds. The number of nitrogens with zero attached hydrogens (tertiary/aromatic N) is 4. The van der Waals surface area contributed by atoms with Crippen LogP contribution in [0.2, 0.25) is 0 Å². The molecule has 0 aliphatic carbocycles. The molecule has 0 unspecified atom stereocenters. The van der Waals surface area contributed by atoms with E-state index in [1.807, 2.05) is 32.4 Å². The summed E-state index contributed by atoms with van der Waals surface area (Å²) in [6, 6.07) is 18.7. The topological polar surface area (TPSA) is 52.8 Å². The molecule has 0 saturated heterocycles. The first-order chi connectivity index (χ1) is 14.1. The standard InChI is InChI=1S/C24H24N4O/c1-17-11-21(12-18-7-5-4-6-8-18)27-24(26-17)14-19-9-10-22(23(13-19)29-3)20-15-25-28(2)16-20/h4-11,13,15-16H,12,14H2,1-3H3. The van der Waals surface area contributed by atoms with Gasteiger partial charge in [0.15, 0.2) is 0 Å². The molecule has 2 aromatic heterocycles. The molecule has 5 heteroatoms. The van der Waals surface area contributed by atoms with Gasteiger partial charge < -0.3 is 4.74 Å². The van der Waals surface area contributed by atoms with Crippen molar-refractivity contribution in [2.75, 3.05) is 7.11 Å². The second kappa shape index (κ2) is 8.27. The predicted molar refractivity (Wildman–Crippen MR) is 114 cm³/mol. The molecular formula is C24H24N4O. The van der Waals surface area contributed by atoms with Crippen molar-refractivity contribution in [3.05, 3.63) is 95.3 Å². The maximum Gasteiger partial charge on any atom is 0.133 e. The van der Waals surface area contributed by atoms with E-state index in [-0.39, 0.29) is 0 Å². The Labute approximate surface area is 171 Å². The Morgan fingerprint density at radius 3 is 2.48 bits per heavy atom. The van der Waals surface area contributed by atoms with E-state index >= 15 is 0 Å². The molecule has 0 spiro atoms. The molecule has 0 aliphatic heterocycles. The van der Waals surface area contributed by atoms with Gasteiger partial charge in [0.25, 0.3) is 0 Å². The van der Waals surface area contributed by atoms with Crippen molar-refractivity contribution in [2.24, 2.45) is 7.05 Å². The van der Waals surface area contributed by atoms with Crippen molar-refractivity contribution in [1.82, 2.24) is 19.7 Å². The van der Waals surface area contributed by atoms with E-state index in [1.54, 1.807) is 11.8 Å². The van der Waals surface area contributed by atoms with Gasteiger partial charge in [0.1, 0.15) is 11.6 Å². The normalized spacial score (nSPS) is 10.9. The van der Waals surface area contributed by atoms with Crippen LogP contribution in [0.25, 0.3) is 11.1 Å². The van der Waals surface area contributed by atoms with Gasteiger partial charge in [-0.3, -0.25) is 4.68 Å². The van der Waals surface area contributed by atoms with Crippen LogP contribution >= 0.6 is 0 Å². The van der Waals surface area contributed by atoms with Crippen LogP contribution < -0.4 is 4.74 Å². The molecule has 0 aliphatic rings. The van der Waals surface area contributed by atoms with Gasteiger partial charge in [-0.05, 0) is 30.2 Å². The second-order valence-corrected chi connectivity index (χ2v) is 7.19. The fraction of sp³-hybridized carbons (Fsp3) is 0.208. The van der Waals surface area contributed by atoms with E-state index in [0.717, 1.165) is 46.1 Å². The van der Waals surface area contributed by atoms with Crippen molar-refractivity contribution in [2.45, 2.75) is 19.8 Å². The van der Waals surface area contributed by atoms with Crippen molar-refractivity contribution in [3.63, 3.8) is 0 Å². The molecule has 0 radical (unpaired) electrons. The highest BCUT2D eigenvalue weighted by Crippen LogP contribution is 2.31. The molecule has 4 rings (SSSR count). The molecule has 0 N–H and O–H groups in total. The maximum atomic E-state index is 5.64. The first-order valence-corrected chi connectivity index (χ1v) is 9.64. The Kier molecular flexibility index (Phi) is 5.38. The van der Waals surface area contributed by atoms with Crippen molar-refractivity contribution in [1.29, 1.82) is 0 Å². The summed E-state index contributed by atoms with van der Waals surface area (Å²) in [5.74, 6) is 1.65. The minimum absolute atomic E-state index is 0.660. The van der Waals surface area contributed by atoms with Crippen molar-refractivity contribution >= 4 is 0 Å². The summed E-state index contributed by atoms with van der Waals surface area (Å²) in [5.41, 5.74) is 6.45. The molecule has 0 bridgehead atoms. The summed E-state index contributed by atoms with van der Waals surface area (Å²) in [6.07, 6.45) is 5.29. The van der Waals surface area contributed by atoms with Gasteiger partial charge in [0.2, 0.25) is 0 Å². The highest BCUT2D eigenvalue weighted by Gasteiger charge is 2.11. The SMILES string of the molecule is COc1cc(Cc2nc(C)cc(Cc3ccccc3)n2)ccc1-c1cnn(C)c1. The molecule has 0 saturated carbocycles. The third kappa shape index (κ3) is 4.51.